The van der Waals surface area contributed by atoms with E-state index >= 15 is 0 Å². The molecule has 3 heterocycles. The van der Waals surface area contributed by atoms with Crippen LogP contribution in [-0.4, -0.2) is 67.0 Å². The second-order valence-corrected chi connectivity index (χ2v) is 10.6. The first kappa shape index (κ1) is 40.0. The van der Waals surface area contributed by atoms with Gasteiger partial charge in [-0.25, -0.2) is 0 Å². The van der Waals surface area contributed by atoms with Crippen molar-refractivity contribution in [2.24, 2.45) is 5.92 Å². The molecule has 0 radical (unpaired) electrons. The van der Waals surface area contributed by atoms with Crippen LogP contribution in [0.15, 0.2) is 30.5 Å². The van der Waals surface area contributed by atoms with Crippen LogP contribution in [0.25, 0.3) is 0 Å². The number of likely N-dealkylation sites (tertiary alicyclic amines) is 1. The first-order chi connectivity index (χ1) is 17.2. The molecule has 2 saturated heterocycles. The maximum atomic E-state index is 12.4. The van der Waals surface area contributed by atoms with Crippen molar-refractivity contribution >= 4 is 29.1 Å². The van der Waals surface area contributed by atoms with Gasteiger partial charge in [-0.3, -0.25) is 9.78 Å². The second-order valence-electron chi connectivity index (χ2n) is 9.82. The second kappa shape index (κ2) is 20.7. The van der Waals surface area contributed by atoms with Gasteiger partial charge in [0.15, 0.2) is 0 Å². The van der Waals surface area contributed by atoms with E-state index in [1.807, 2.05) is 17.9 Å². The summed E-state index contributed by atoms with van der Waals surface area (Å²) in [6.45, 7) is 12.3. The number of hydrogen-bond acceptors (Lipinski definition) is 5. The van der Waals surface area contributed by atoms with Crippen LogP contribution in [0, 0.1) is 20.3 Å². The molecule has 4 rings (SSSR count). The number of carbonyl (C=O) groups is 1. The van der Waals surface area contributed by atoms with Crippen molar-refractivity contribution in [2.45, 2.75) is 66.8 Å². The van der Waals surface area contributed by atoms with Gasteiger partial charge in [-0.05, 0) is 64.0 Å². The van der Waals surface area contributed by atoms with E-state index in [0.717, 1.165) is 31.1 Å². The SMILES string of the molecule is C.CCC.CN(C)[C@@H]1CCNC1.Cc1ccc(Oc2ccnc(CC(=O)N3CC[C@@H](C)C3)c2)c(Cl)c1Cl.[CH3-].[Pt]. The number of ether oxygens (including phenoxy) is 1. The fourth-order valence-corrected chi connectivity index (χ4v) is 4.37. The zero-order valence-electron chi connectivity index (χ0n) is 23.9. The summed E-state index contributed by atoms with van der Waals surface area (Å²) in [5.74, 6) is 1.73. The molecular formula is C30H49Cl2N4O2Pt-. The molecule has 1 aromatic carbocycles. The molecule has 0 unspecified atom stereocenters. The Bertz CT molecular complexity index is 972. The fourth-order valence-electron chi connectivity index (χ4n) is 3.96. The third-order valence-electron chi connectivity index (χ3n) is 6.13. The number of benzene rings is 1. The molecule has 2 aliphatic rings. The molecule has 6 nitrogen and oxygen atoms in total. The minimum atomic E-state index is 0. The Balaban J connectivity index is 0. The summed E-state index contributed by atoms with van der Waals surface area (Å²) in [6.07, 6.45) is 5.53. The number of carbonyl (C=O) groups excluding carboxylic acids is 1. The van der Waals surface area contributed by atoms with Gasteiger partial charge in [-0.1, -0.05) is 63.9 Å². The maximum absolute atomic E-state index is 12.4. The summed E-state index contributed by atoms with van der Waals surface area (Å²) in [7, 11) is 4.27. The molecule has 2 aromatic rings. The summed E-state index contributed by atoms with van der Waals surface area (Å²) in [5, 5.41) is 4.17. The van der Waals surface area contributed by atoms with Gasteiger partial charge < -0.3 is 27.3 Å². The van der Waals surface area contributed by atoms with Crippen molar-refractivity contribution in [1.82, 2.24) is 20.1 Å². The molecule has 1 aromatic heterocycles. The molecule has 2 fully saturated rings. The van der Waals surface area contributed by atoms with E-state index in [9.17, 15) is 4.79 Å². The fraction of sp³-hybridized carbons (Fsp3) is 0.567. The molecule has 1 amide bonds. The van der Waals surface area contributed by atoms with E-state index < -0.39 is 0 Å². The summed E-state index contributed by atoms with van der Waals surface area (Å²) < 4.78 is 5.83. The van der Waals surface area contributed by atoms with Gasteiger partial charge in [0.25, 0.3) is 0 Å². The van der Waals surface area contributed by atoms with Crippen molar-refractivity contribution in [1.29, 1.82) is 0 Å². The molecule has 0 saturated carbocycles. The molecule has 0 bridgehead atoms. The summed E-state index contributed by atoms with van der Waals surface area (Å²) in [4.78, 5) is 20.8. The van der Waals surface area contributed by atoms with Crippen molar-refractivity contribution in [3.63, 3.8) is 0 Å². The van der Waals surface area contributed by atoms with Crippen LogP contribution < -0.4 is 10.1 Å². The molecule has 2 aliphatic heterocycles. The topological polar surface area (TPSA) is 57.7 Å². The number of aromatic nitrogens is 1. The van der Waals surface area contributed by atoms with Crippen molar-refractivity contribution in [3.8, 4) is 11.5 Å². The zero-order chi connectivity index (χ0) is 26.7. The quantitative estimate of drug-likeness (QED) is 0.324. The summed E-state index contributed by atoms with van der Waals surface area (Å²) in [5.41, 5.74) is 1.57. The van der Waals surface area contributed by atoms with Crippen LogP contribution >= 0.6 is 23.2 Å². The van der Waals surface area contributed by atoms with Crippen molar-refractivity contribution in [3.05, 3.63) is 59.2 Å². The molecular weight excluding hydrogens is 714 g/mol. The number of hydrogen-bond donors (Lipinski definition) is 1. The van der Waals surface area contributed by atoms with Gasteiger partial charge in [0.1, 0.15) is 16.5 Å². The number of nitrogens with one attached hydrogen (secondary N) is 1. The van der Waals surface area contributed by atoms with Gasteiger partial charge in [0.2, 0.25) is 5.91 Å². The number of amides is 1. The van der Waals surface area contributed by atoms with Gasteiger partial charge in [-0.15, -0.1) is 0 Å². The third kappa shape index (κ3) is 13.4. The first-order valence-corrected chi connectivity index (χ1v) is 13.6. The molecule has 0 spiro atoms. The monoisotopic (exact) mass is 762 g/mol. The number of aryl methyl sites for hydroxylation is 1. The van der Waals surface area contributed by atoms with Gasteiger partial charge in [-0.2, -0.15) is 0 Å². The molecule has 1 N–H and O–H groups in total. The maximum Gasteiger partial charge on any atom is 0.228 e. The third-order valence-corrected chi connectivity index (χ3v) is 7.09. The predicted octanol–water partition coefficient (Wildman–Crippen LogP) is 7.31. The van der Waals surface area contributed by atoms with E-state index in [1.165, 1.54) is 25.9 Å². The van der Waals surface area contributed by atoms with Crippen LogP contribution in [0.3, 0.4) is 0 Å². The van der Waals surface area contributed by atoms with Crippen LogP contribution in [0.4, 0.5) is 0 Å². The standard InChI is InChI=1S/C19H20Cl2N2O2.C6H14N2.C3H8.CH4.CH3.Pt/c1-12-6-8-23(11-12)17(24)10-14-9-15(5-7-22-14)25-16-4-3-13(2)18(20)19(16)21;1-8(2)6-3-4-7-5-6;1-3-2;;;/h3-5,7,9,12H,6,8,10-11H2,1-2H3;6-7H,3-5H2,1-2H3;3H2,1-2H3;1H4;1H3;/q;;;;-1;/t12-;6-;;;;/m11..../s1. The minimum Gasteiger partial charge on any atom is -0.456 e. The summed E-state index contributed by atoms with van der Waals surface area (Å²) >= 11 is 12.4. The molecule has 226 valence electrons. The largest absolute Gasteiger partial charge is 0.456 e. The number of pyridine rings is 1. The average molecular weight is 764 g/mol. The Morgan fingerprint density at radius 2 is 1.85 bits per heavy atom. The molecule has 39 heavy (non-hydrogen) atoms. The van der Waals surface area contributed by atoms with Crippen molar-refractivity contribution in [2.75, 3.05) is 40.3 Å². The predicted molar refractivity (Wildman–Crippen MR) is 164 cm³/mol. The minimum absolute atomic E-state index is 0. The smallest absolute Gasteiger partial charge is 0.228 e. The average Bonchev–Trinajstić information content (AvgIpc) is 3.53. The normalized spacial score (nSPS) is 17.4. The van der Waals surface area contributed by atoms with Gasteiger partial charge >= 0.3 is 0 Å². The van der Waals surface area contributed by atoms with E-state index in [4.69, 9.17) is 27.9 Å². The number of rotatable bonds is 5. The molecule has 9 heteroatoms. The summed E-state index contributed by atoms with van der Waals surface area (Å²) in [6, 6.07) is 7.91. The van der Waals surface area contributed by atoms with E-state index in [1.54, 1.807) is 24.4 Å². The van der Waals surface area contributed by atoms with Crippen LogP contribution in [0.2, 0.25) is 10.0 Å². The van der Waals surface area contributed by atoms with E-state index in [-0.39, 0.29) is 48.2 Å². The number of likely N-dealkylation sites (N-methyl/N-ethyl adjacent to an activating group) is 1. The van der Waals surface area contributed by atoms with E-state index in [2.05, 4.69) is 50.1 Å². The Labute approximate surface area is 262 Å². The van der Waals surface area contributed by atoms with Crippen LogP contribution in [0.1, 0.15) is 58.7 Å². The van der Waals surface area contributed by atoms with Crippen LogP contribution in [-0.2, 0) is 32.3 Å². The Morgan fingerprint density at radius 3 is 2.36 bits per heavy atom. The first-order valence-electron chi connectivity index (χ1n) is 12.9. The Kier molecular flexibility index (Phi) is 21.2. The van der Waals surface area contributed by atoms with Gasteiger partial charge in [0.05, 0.1) is 17.1 Å². The van der Waals surface area contributed by atoms with E-state index in [0.29, 0.717) is 33.2 Å². The van der Waals surface area contributed by atoms with Crippen molar-refractivity contribution < 1.29 is 30.6 Å². The Morgan fingerprint density at radius 1 is 1.18 bits per heavy atom. The van der Waals surface area contributed by atoms with Gasteiger partial charge in [0, 0.05) is 59.0 Å². The molecule has 0 aliphatic carbocycles. The number of nitrogens with zero attached hydrogens (tertiary/aromatic N) is 3. The zero-order valence-corrected chi connectivity index (χ0v) is 27.7. The Hall–Kier alpha value is -1.17. The number of halogens is 2. The van der Waals surface area contributed by atoms with Crippen LogP contribution in [0.5, 0.6) is 11.5 Å². The molecule has 2 atom stereocenters.